The van der Waals surface area contributed by atoms with Crippen LogP contribution in [0.4, 0.5) is 5.69 Å². The van der Waals surface area contributed by atoms with Gasteiger partial charge in [-0.1, -0.05) is 0 Å². The molecule has 0 aromatic carbocycles. The first kappa shape index (κ1) is 15.8. The summed E-state index contributed by atoms with van der Waals surface area (Å²) in [5.74, 6) is 0.295. The minimum atomic E-state index is 0.0268. The monoisotopic (exact) mass is 313 g/mol. The number of piperidine rings is 1. The second-order valence-electron chi connectivity index (χ2n) is 6.42. The Kier molecular flexibility index (Phi) is 4.77. The van der Waals surface area contributed by atoms with Crippen LogP contribution in [0.15, 0.2) is 18.5 Å². The van der Waals surface area contributed by atoms with Gasteiger partial charge in [-0.2, -0.15) is 5.26 Å². The van der Waals surface area contributed by atoms with Crippen molar-refractivity contribution in [3.63, 3.8) is 0 Å². The normalized spacial score (nSPS) is 22.7. The van der Waals surface area contributed by atoms with E-state index in [-0.39, 0.29) is 11.8 Å². The maximum Gasteiger partial charge on any atom is 0.227 e. The first-order valence-corrected chi connectivity index (χ1v) is 8.25. The number of rotatable bonds is 2. The summed E-state index contributed by atoms with van der Waals surface area (Å²) < 4.78 is 0. The lowest BCUT2D eigenvalue weighted by Crippen LogP contribution is -2.51. The summed E-state index contributed by atoms with van der Waals surface area (Å²) in [5.41, 5.74) is 1.48. The van der Waals surface area contributed by atoms with Gasteiger partial charge in [0.1, 0.15) is 6.07 Å². The number of carbonyl (C=O) groups is 1. The molecule has 1 aromatic rings. The van der Waals surface area contributed by atoms with Crippen LogP contribution in [0.25, 0.3) is 0 Å². The number of aromatic nitrogens is 1. The fourth-order valence-corrected chi connectivity index (χ4v) is 3.42. The van der Waals surface area contributed by atoms with Gasteiger partial charge in [0, 0.05) is 45.5 Å². The Morgan fingerprint density at radius 3 is 2.83 bits per heavy atom. The molecule has 6 heteroatoms. The third-order valence-electron chi connectivity index (χ3n) is 4.85. The summed E-state index contributed by atoms with van der Waals surface area (Å²) in [5, 5.41) is 9.27. The smallest absolute Gasteiger partial charge is 0.227 e. The summed E-state index contributed by atoms with van der Waals surface area (Å²) in [6, 6.07) is 3.96. The van der Waals surface area contributed by atoms with Crippen LogP contribution in [-0.2, 0) is 4.79 Å². The molecule has 0 N–H and O–H groups in total. The molecule has 3 heterocycles. The van der Waals surface area contributed by atoms with Gasteiger partial charge in [-0.25, -0.2) is 0 Å². The number of hydrogen-bond donors (Lipinski definition) is 0. The number of likely N-dealkylation sites (N-methyl/N-ethyl adjacent to an activating group) is 1. The quantitative estimate of drug-likeness (QED) is 0.813. The minimum absolute atomic E-state index is 0.0268. The predicted octanol–water partition coefficient (Wildman–Crippen LogP) is 0.944. The highest BCUT2D eigenvalue weighted by atomic mass is 16.2. The molecule has 3 rings (SSSR count). The van der Waals surface area contributed by atoms with Gasteiger partial charge in [-0.3, -0.25) is 9.78 Å². The lowest BCUT2D eigenvalue weighted by molar-refractivity contribution is -0.137. The molecular formula is C17H23N5O. The Morgan fingerprint density at radius 2 is 2.09 bits per heavy atom. The third-order valence-corrected chi connectivity index (χ3v) is 4.85. The average molecular weight is 313 g/mol. The van der Waals surface area contributed by atoms with Crippen LogP contribution < -0.4 is 4.90 Å². The van der Waals surface area contributed by atoms with Crippen molar-refractivity contribution in [2.45, 2.75) is 12.8 Å². The van der Waals surface area contributed by atoms with E-state index in [9.17, 15) is 10.1 Å². The molecule has 1 amide bonds. The maximum absolute atomic E-state index is 12.8. The van der Waals surface area contributed by atoms with Gasteiger partial charge in [0.2, 0.25) is 5.91 Å². The minimum Gasteiger partial charge on any atom is -0.368 e. The van der Waals surface area contributed by atoms with Gasteiger partial charge in [0.05, 0.1) is 23.4 Å². The van der Waals surface area contributed by atoms with E-state index < -0.39 is 0 Å². The highest BCUT2D eigenvalue weighted by Gasteiger charge is 2.31. The van der Waals surface area contributed by atoms with Gasteiger partial charge in [0.15, 0.2) is 0 Å². The van der Waals surface area contributed by atoms with E-state index in [2.05, 4.69) is 27.9 Å². The number of anilines is 1. The SMILES string of the molecule is CN1CCN(C(=O)C2CCCN(c3cnccc3C#N)C2)CC1. The fraction of sp³-hybridized carbons (Fsp3) is 0.588. The van der Waals surface area contributed by atoms with Gasteiger partial charge in [-0.15, -0.1) is 0 Å². The molecule has 2 fully saturated rings. The molecule has 1 aromatic heterocycles. The fourth-order valence-electron chi connectivity index (χ4n) is 3.42. The molecule has 0 radical (unpaired) electrons. The number of amides is 1. The molecule has 122 valence electrons. The van der Waals surface area contributed by atoms with E-state index in [1.807, 2.05) is 4.90 Å². The van der Waals surface area contributed by atoms with Crippen molar-refractivity contribution in [3.8, 4) is 6.07 Å². The number of nitriles is 1. The van der Waals surface area contributed by atoms with Crippen LogP contribution in [-0.4, -0.2) is 67.0 Å². The Hall–Kier alpha value is -2.13. The number of piperazine rings is 1. The molecule has 23 heavy (non-hydrogen) atoms. The summed E-state index contributed by atoms with van der Waals surface area (Å²) in [4.78, 5) is 23.3. The van der Waals surface area contributed by atoms with Crippen LogP contribution in [0.5, 0.6) is 0 Å². The Labute approximate surface area is 137 Å². The molecule has 2 aliphatic heterocycles. The van der Waals surface area contributed by atoms with E-state index in [1.165, 1.54) is 0 Å². The third kappa shape index (κ3) is 3.45. The first-order chi connectivity index (χ1) is 11.2. The standard InChI is InChI=1S/C17H23N5O/c1-20-7-9-21(10-8-20)17(23)15-3-2-6-22(13-15)16-12-19-5-4-14(16)11-18/h4-5,12,15H,2-3,6-10,13H2,1H3. The summed E-state index contributed by atoms with van der Waals surface area (Å²) >= 11 is 0. The number of carbonyl (C=O) groups excluding carboxylic acids is 1. The lowest BCUT2D eigenvalue weighted by Gasteiger charge is -2.38. The van der Waals surface area contributed by atoms with Gasteiger partial charge >= 0.3 is 0 Å². The number of hydrogen-bond acceptors (Lipinski definition) is 5. The van der Waals surface area contributed by atoms with Crippen LogP contribution >= 0.6 is 0 Å². The number of nitrogens with zero attached hydrogens (tertiary/aromatic N) is 5. The molecular weight excluding hydrogens is 290 g/mol. The first-order valence-electron chi connectivity index (χ1n) is 8.25. The van der Waals surface area contributed by atoms with Crippen molar-refractivity contribution in [1.82, 2.24) is 14.8 Å². The Bertz CT molecular complexity index is 603. The summed E-state index contributed by atoms with van der Waals surface area (Å²) in [6.07, 6.45) is 5.29. The Balaban J connectivity index is 1.68. The van der Waals surface area contributed by atoms with Crippen LogP contribution in [0.3, 0.4) is 0 Å². The molecule has 0 spiro atoms. The van der Waals surface area contributed by atoms with Gasteiger partial charge in [0.25, 0.3) is 0 Å². The van der Waals surface area contributed by atoms with E-state index in [0.717, 1.165) is 51.3 Å². The van der Waals surface area contributed by atoms with E-state index >= 15 is 0 Å². The molecule has 0 bridgehead atoms. The molecule has 2 aliphatic rings. The molecule has 1 unspecified atom stereocenters. The second kappa shape index (κ2) is 6.97. The largest absolute Gasteiger partial charge is 0.368 e. The highest BCUT2D eigenvalue weighted by molar-refractivity contribution is 5.80. The summed E-state index contributed by atoms with van der Waals surface area (Å²) in [6.45, 7) is 5.11. The second-order valence-corrected chi connectivity index (χ2v) is 6.42. The van der Waals surface area contributed by atoms with Crippen molar-refractivity contribution in [2.24, 2.45) is 5.92 Å². The van der Waals surface area contributed by atoms with Crippen LogP contribution in [0, 0.1) is 17.2 Å². The zero-order chi connectivity index (χ0) is 16.2. The maximum atomic E-state index is 12.8. The average Bonchev–Trinajstić information content (AvgIpc) is 2.62. The molecule has 0 saturated carbocycles. The van der Waals surface area contributed by atoms with E-state index in [4.69, 9.17) is 0 Å². The van der Waals surface area contributed by atoms with E-state index in [1.54, 1.807) is 18.5 Å². The van der Waals surface area contributed by atoms with Gasteiger partial charge < -0.3 is 14.7 Å². The summed E-state index contributed by atoms with van der Waals surface area (Å²) in [7, 11) is 2.09. The Morgan fingerprint density at radius 1 is 1.30 bits per heavy atom. The van der Waals surface area contributed by atoms with Crippen LogP contribution in [0.2, 0.25) is 0 Å². The highest BCUT2D eigenvalue weighted by Crippen LogP contribution is 2.26. The zero-order valence-electron chi connectivity index (χ0n) is 13.6. The number of pyridine rings is 1. The van der Waals surface area contributed by atoms with Gasteiger partial charge in [-0.05, 0) is 26.0 Å². The topological polar surface area (TPSA) is 63.5 Å². The lowest BCUT2D eigenvalue weighted by atomic mass is 9.95. The molecule has 1 atom stereocenters. The van der Waals surface area contributed by atoms with Crippen molar-refractivity contribution in [1.29, 1.82) is 5.26 Å². The van der Waals surface area contributed by atoms with Crippen molar-refractivity contribution in [3.05, 3.63) is 24.0 Å². The zero-order valence-corrected chi connectivity index (χ0v) is 13.6. The van der Waals surface area contributed by atoms with Crippen molar-refractivity contribution in [2.75, 3.05) is 51.2 Å². The van der Waals surface area contributed by atoms with Crippen molar-refractivity contribution >= 4 is 11.6 Å². The van der Waals surface area contributed by atoms with E-state index in [0.29, 0.717) is 12.1 Å². The molecule has 0 aliphatic carbocycles. The van der Waals surface area contributed by atoms with Crippen molar-refractivity contribution < 1.29 is 4.79 Å². The molecule has 2 saturated heterocycles. The molecule has 6 nitrogen and oxygen atoms in total. The predicted molar refractivity (Wildman–Crippen MR) is 88.0 cm³/mol. The van der Waals surface area contributed by atoms with Crippen LogP contribution in [0.1, 0.15) is 18.4 Å².